The number of benzene rings is 4. The maximum absolute atomic E-state index is 13.6. The van der Waals surface area contributed by atoms with Gasteiger partial charge in [-0.1, -0.05) is 74.5 Å². The number of amides is 2. The molecule has 230 valence electrons. The van der Waals surface area contributed by atoms with Crippen LogP contribution in [-0.4, -0.2) is 56.5 Å². The monoisotopic (exact) mass is 610 g/mol. The standard InChI is InChI=1S/C37H42N4O2.ClH/c1-28(2)12-11-23-40-24-26-41(27-25-40)35-18-10-9-17-34(35)39(3)37(43)30-19-21-31(22-20-30)38-36(42)33-16-8-7-15-32(33)29-13-5-4-6-14-29;/h4-10,13-22,28H,11-12,23-27H2,1-3H3,(H,38,42);1H. The fourth-order valence-corrected chi connectivity index (χ4v) is 5.70. The van der Waals surface area contributed by atoms with Gasteiger partial charge >= 0.3 is 0 Å². The van der Waals surface area contributed by atoms with Gasteiger partial charge in [-0.05, 0) is 78.9 Å². The van der Waals surface area contributed by atoms with Gasteiger partial charge in [-0.25, -0.2) is 0 Å². The number of nitrogens with one attached hydrogen (secondary N) is 1. The number of hydrogen-bond donors (Lipinski definition) is 1. The van der Waals surface area contributed by atoms with Crippen molar-refractivity contribution in [3.63, 3.8) is 0 Å². The molecule has 0 atom stereocenters. The molecule has 2 amide bonds. The van der Waals surface area contributed by atoms with Crippen molar-refractivity contribution in [3.05, 3.63) is 114 Å². The zero-order chi connectivity index (χ0) is 30.2. The molecule has 5 rings (SSSR count). The molecular weight excluding hydrogens is 568 g/mol. The van der Waals surface area contributed by atoms with E-state index >= 15 is 0 Å². The van der Waals surface area contributed by atoms with Crippen LogP contribution in [0.4, 0.5) is 17.1 Å². The third-order valence-corrected chi connectivity index (χ3v) is 8.16. The van der Waals surface area contributed by atoms with E-state index in [4.69, 9.17) is 0 Å². The van der Waals surface area contributed by atoms with Crippen LogP contribution in [-0.2, 0) is 0 Å². The predicted molar refractivity (Wildman–Crippen MR) is 185 cm³/mol. The highest BCUT2D eigenvalue weighted by Gasteiger charge is 2.23. The summed E-state index contributed by atoms with van der Waals surface area (Å²) in [6, 6.07) is 32.7. The van der Waals surface area contributed by atoms with Gasteiger partial charge in [0.05, 0.1) is 11.4 Å². The third-order valence-electron chi connectivity index (χ3n) is 8.16. The molecule has 0 aromatic heterocycles. The number of hydrogen-bond acceptors (Lipinski definition) is 4. The van der Waals surface area contributed by atoms with Gasteiger partial charge in [0, 0.05) is 50.0 Å². The minimum Gasteiger partial charge on any atom is -0.367 e. The highest BCUT2D eigenvalue weighted by atomic mass is 35.5. The predicted octanol–water partition coefficient (Wildman–Crippen LogP) is 7.86. The fourth-order valence-electron chi connectivity index (χ4n) is 5.70. The number of anilines is 3. The summed E-state index contributed by atoms with van der Waals surface area (Å²) in [5, 5.41) is 2.99. The lowest BCUT2D eigenvalue weighted by Crippen LogP contribution is -2.47. The number of carbonyl (C=O) groups excluding carboxylic acids is 2. The molecular formula is C37H43ClN4O2. The lowest BCUT2D eigenvalue weighted by atomic mass is 9.99. The second-order valence-electron chi connectivity index (χ2n) is 11.7. The van der Waals surface area contributed by atoms with Crippen LogP contribution in [0, 0.1) is 5.92 Å². The Balaban J connectivity index is 0.00000442. The maximum atomic E-state index is 13.6. The van der Waals surface area contributed by atoms with Crippen molar-refractivity contribution in [2.45, 2.75) is 26.7 Å². The van der Waals surface area contributed by atoms with Gasteiger partial charge in [0.1, 0.15) is 0 Å². The summed E-state index contributed by atoms with van der Waals surface area (Å²) in [5.41, 5.74) is 5.65. The molecule has 44 heavy (non-hydrogen) atoms. The molecule has 1 heterocycles. The van der Waals surface area contributed by atoms with Crippen LogP contribution >= 0.6 is 12.4 Å². The topological polar surface area (TPSA) is 55.9 Å². The molecule has 0 radical (unpaired) electrons. The lowest BCUT2D eigenvalue weighted by molar-refractivity contribution is 0.0991. The summed E-state index contributed by atoms with van der Waals surface area (Å²) in [5.74, 6) is 0.468. The lowest BCUT2D eigenvalue weighted by Gasteiger charge is -2.38. The Morgan fingerprint density at radius 1 is 0.795 bits per heavy atom. The van der Waals surface area contributed by atoms with Gasteiger partial charge < -0.3 is 15.1 Å². The van der Waals surface area contributed by atoms with Crippen LogP contribution in [0.2, 0.25) is 0 Å². The van der Waals surface area contributed by atoms with Crippen molar-refractivity contribution in [1.29, 1.82) is 0 Å². The van der Waals surface area contributed by atoms with Gasteiger partial charge in [-0.15, -0.1) is 12.4 Å². The molecule has 1 saturated heterocycles. The van der Waals surface area contributed by atoms with E-state index in [0.29, 0.717) is 16.8 Å². The van der Waals surface area contributed by atoms with E-state index in [1.807, 2.05) is 79.8 Å². The van der Waals surface area contributed by atoms with E-state index in [2.05, 4.69) is 35.0 Å². The number of carbonyl (C=O) groups is 2. The Kier molecular flexibility index (Phi) is 11.6. The molecule has 0 aliphatic carbocycles. The fraction of sp³-hybridized carbons (Fsp3) is 0.297. The highest BCUT2D eigenvalue weighted by Crippen LogP contribution is 2.31. The summed E-state index contributed by atoms with van der Waals surface area (Å²) >= 11 is 0. The first-order chi connectivity index (χ1) is 20.9. The summed E-state index contributed by atoms with van der Waals surface area (Å²) in [4.78, 5) is 33.5. The molecule has 6 nitrogen and oxygen atoms in total. The van der Waals surface area contributed by atoms with E-state index in [9.17, 15) is 9.59 Å². The van der Waals surface area contributed by atoms with Crippen LogP contribution in [0.5, 0.6) is 0 Å². The maximum Gasteiger partial charge on any atom is 0.258 e. The minimum atomic E-state index is -0.190. The molecule has 4 aromatic carbocycles. The second kappa shape index (κ2) is 15.6. The van der Waals surface area contributed by atoms with Gasteiger partial charge in [-0.3, -0.25) is 14.5 Å². The molecule has 7 heteroatoms. The first-order valence-electron chi connectivity index (χ1n) is 15.3. The normalized spacial score (nSPS) is 13.3. The van der Waals surface area contributed by atoms with Crippen LogP contribution in [0.25, 0.3) is 11.1 Å². The molecule has 0 saturated carbocycles. The van der Waals surface area contributed by atoms with Crippen molar-refractivity contribution in [2.24, 2.45) is 5.92 Å². The van der Waals surface area contributed by atoms with Crippen LogP contribution < -0.4 is 15.1 Å². The van der Waals surface area contributed by atoms with Gasteiger partial charge in [0.15, 0.2) is 0 Å². The molecule has 0 unspecified atom stereocenters. The van der Waals surface area contributed by atoms with Crippen molar-refractivity contribution < 1.29 is 9.59 Å². The first kappa shape index (κ1) is 32.8. The van der Waals surface area contributed by atoms with Crippen molar-refractivity contribution in [2.75, 3.05) is 54.9 Å². The van der Waals surface area contributed by atoms with Crippen molar-refractivity contribution in [3.8, 4) is 11.1 Å². The quantitative estimate of drug-likeness (QED) is 0.199. The van der Waals surface area contributed by atoms with Gasteiger partial charge in [0.25, 0.3) is 11.8 Å². The molecule has 0 bridgehead atoms. The zero-order valence-electron chi connectivity index (χ0n) is 25.9. The van der Waals surface area contributed by atoms with E-state index in [-0.39, 0.29) is 24.2 Å². The molecule has 1 aliphatic heterocycles. The van der Waals surface area contributed by atoms with E-state index < -0.39 is 0 Å². The van der Waals surface area contributed by atoms with Crippen molar-refractivity contribution in [1.82, 2.24) is 4.90 Å². The minimum absolute atomic E-state index is 0. The smallest absolute Gasteiger partial charge is 0.258 e. The molecule has 0 spiro atoms. The second-order valence-corrected chi connectivity index (χ2v) is 11.7. The molecule has 4 aromatic rings. The number of halogens is 1. The average molecular weight is 611 g/mol. The van der Waals surface area contributed by atoms with Crippen molar-refractivity contribution >= 4 is 41.3 Å². The summed E-state index contributed by atoms with van der Waals surface area (Å²) in [6.45, 7) is 9.69. The van der Waals surface area contributed by atoms with Gasteiger partial charge in [0.2, 0.25) is 0 Å². The third kappa shape index (κ3) is 8.07. The van der Waals surface area contributed by atoms with Gasteiger partial charge in [-0.2, -0.15) is 0 Å². The Labute approximate surface area is 268 Å². The largest absolute Gasteiger partial charge is 0.367 e. The Morgan fingerprint density at radius 2 is 1.43 bits per heavy atom. The first-order valence-corrected chi connectivity index (χ1v) is 15.3. The Hall–Kier alpha value is -4.13. The van der Waals surface area contributed by atoms with E-state index in [1.54, 1.807) is 29.2 Å². The molecule has 1 fully saturated rings. The number of piperazine rings is 1. The Morgan fingerprint density at radius 3 is 2.14 bits per heavy atom. The summed E-state index contributed by atoms with van der Waals surface area (Å²) in [6.07, 6.45) is 2.51. The number of nitrogens with zero attached hydrogens (tertiary/aromatic N) is 3. The summed E-state index contributed by atoms with van der Waals surface area (Å²) < 4.78 is 0. The number of rotatable bonds is 10. The Bertz CT molecular complexity index is 1520. The zero-order valence-corrected chi connectivity index (χ0v) is 26.7. The molecule has 1 N–H and O–H groups in total. The number of para-hydroxylation sites is 2. The van der Waals surface area contributed by atoms with Crippen LogP contribution in [0.1, 0.15) is 47.4 Å². The van der Waals surface area contributed by atoms with E-state index in [1.165, 1.54) is 12.8 Å². The summed E-state index contributed by atoms with van der Waals surface area (Å²) in [7, 11) is 1.83. The highest BCUT2D eigenvalue weighted by molar-refractivity contribution is 6.10. The van der Waals surface area contributed by atoms with E-state index in [0.717, 1.165) is 61.1 Å². The SMILES string of the molecule is CC(C)CCCN1CCN(c2ccccc2N(C)C(=O)c2ccc(NC(=O)c3ccccc3-c3ccccc3)cc2)CC1.Cl. The van der Waals surface area contributed by atoms with Crippen LogP contribution in [0.15, 0.2) is 103 Å². The molecule has 1 aliphatic rings. The average Bonchev–Trinajstić information content (AvgIpc) is 3.05. The van der Waals surface area contributed by atoms with Crippen LogP contribution in [0.3, 0.4) is 0 Å².